The highest BCUT2D eigenvalue weighted by molar-refractivity contribution is 4.96. The molecule has 94 valence electrons. The molecule has 2 rings (SSSR count). The summed E-state index contributed by atoms with van der Waals surface area (Å²) in [6.07, 6.45) is 6.45. The third-order valence-electron chi connectivity index (χ3n) is 5.22. The highest BCUT2D eigenvalue weighted by atomic mass is 16.3. The van der Waals surface area contributed by atoms with Gasteiger partial charge in [0.2, 0.25) is 0 Å². The third kappa shape index (κ3) is 2.28. The minimum atomic E-state index is -0.552. The van der Waals surface area contributed by atoms with E-state index >= 15 is 0 Å². The lowest BCUT2D eigenvalue weighted by molar-refractivity contribution is -0.0737. The molecule has 0 aliphatic heterocycles. The van der Waals surface area contributed by atoms with Crippen LogP contribution in [0.15, 0.2) is 0 Å². The second kappa shape index (κ2) is 3.99. The lowest BCUT2D eigenvalue weighted by atomic mass is 9.56. The van der Waals surface area contributed by atoms with Crippen molar-refractivity contribution in [2.75, 3.05) is 0 Å². The minimum Gasteiger partial charge on any atom is -0.393 e. The fourth-order valence-corrected chi connectivity index (χ4v) is 3.75. The van der Waals surface area contributed by atoms with Gasteiger partial charge < -0.3 is 10.2 Å². The molecular formula is C14H26O2. The quantitative estimate of drug-likeness (QED) is 0.721. The number of hydrogen-bond acceptors (Lipinski definition) is 2. The van der Waals surface area contributed by atoms with E-state index < -0.39 is 5.60 Å². The second-order valence-corrected chi connectivity index (χ2v) is 6.90. The van der Waals surface area contributed by atoms with E-state index in [0.717, 1.165) is 32.1 Å². The van der Waals surface area contributed by atoms with Gasteiger partial charge in [-0.25, -0.2) is 0 Å². The number of aliphatic hydroxyl groups excluding tert-OH is 1. The van der Waals surface area contributed by atoms with Crippen LogP contribution in [0.3, 0.4) is 0 Å². The van der Waals surface area contributed by atoms with Gasteiger partial charge in [-0.15, -0.1) is 0 Å². The van der Waals surface area contributed by atoms with E-state index in [2.05, 4.69) is 6.92 Å². The lowest BCUT2D eigenvalue weighted by Gasteiger charge is -2.51. The highest BCUT2D eigenvalue weighted by Crippen LogP contribution is 2.53. The van der Waals surface area contributed by atoms with E-state index in [9.17, 15) is 10.2 Å². The molecule has 0 heterocycles. The molecule has 0 aromatic heterocycles. The van der Waals surface area contributed by atoms with Crippen molar-refractivity contribution in [3.8, 4) is 0 Å². The zero-order valence-corrected chi connectivity index (χ0v) is 10.9. The number of rotatable bonds is 1. The van der Waals surface area contributed by atoms with Crippen LogP contribution in [0.25, 0.3) is 0 Å². The first-order valence-corrected chi connectivity index (χ1v) is 6.72. The molecule has 0 spiro atoms. The Labute approximate surface area is 99.1 Å². The van der Waals surface area contributed by atoms with Crippen LogP contribution >= 0.6 is 0 Å². The Morgan fingerprint density at radius 3 is 2.38 bits per heavy atom. The van der Waals surface area contributed by atoms with Gasteiger partial charge in [0, 0.05) is 0 Å². The molecule has 3 unspecified atom stereocenters. The Kier molecular flexibility index (Phi) is 3.09. The molecule has 2 heteroatoms. The third-order valence-corrected chi connectivity index (χ3v) is 5.22. The van der Waals surface area contributed by atoms with Gasteiger partial charge in [0.1, 0.15) is 0 Å². The van der Waals surface area contributed by atoms with Gasteiger partial charge in [0.05, 0.1) is 11.7 Å². The maximum Gasteiger partial charge on any atom is 0.0619 e. The molecule has 0 saturated heterocycles. The summed E-state index contributed by atoms with van der Waals surface area (Å²) in [5.74, 6) is 1.03. The number of fused-ring (bicyclic) bond motifs is 1. The van der Waals surface area contributed by atoms with Crippen LogP contribution in [-0.2, 0) is 0 Å². The molecule has 2 saturated carbocycles. The summed E-state index contributed by atoms with van der Waals surface area (Å²) in [6.45, 7) is 6.24. The van der Waals surface area contributed by atoms with Crippen molar-refractivity contribution in [2.24, 2.45) is 17.3 Å². The van der Waals surface area contributed by atoms with E-state index in [1.165, 1.54) is 6.42 Å². The fourth-order valence-electron chi connectivity index (χ4n) is 3.75. The topological polar surface area (TPSA) is 40.5 Å². The van der Waals surface area contributed by atoms with E-state index in [1.54, 1.807) is 0 Å². The molecule has 4 atom stereocenters. The monoisotopic (exact) mass is 226 g/mol. The van der Waals surface area contributed by atoms with Gasteiger partial charge in [-0.05, 0) is 69.6 Å². The van der Waals surface area contributed by atoms with Crippen LogP contribution in [-0.4, -0.2) is 21.9 Å². The predicted molar refractivity (Wildman–Crippen MR) is 65.1 cm³/mol. The van der Waals surface area contributed by atoms with E-state index in [0.29, 0.717) is 17.3 Å². The molecule has 0 radical (unpaired) electrons. The molecule has 2 aliphatic carbocycles. The molecule has 0 amide bonds. The fraction of sp³-hybridized carbons (Fsp3) is 1.00. The summed E-state index contributed by atoms with van der Waals surface area (Å²) >= 11 is 0. The van der Waals surface area contributed by atoms with Crippen molar-refractivity contribution < 1.29 is 10.2 Å². The molecule has 2 fully saturated rings. The zero-order chi connectivity index (χ0) is 12.0. The van der Waals surface area contributed by atoms with Gasteiger partial charge in [0.15, 0.2) is 0 Å². The van der Waals surface area contributed by atoms with Gasteiger partial charge >= 0.3 is 0 Å². The van der Waals surface area contributed by atoms with Gasteiger partial charge in [-0.1, -0.05) is 6.92 Å². The Morgan fingerprint density at radius 2 is 1.75 bits per heavy atom. The van der Waals surface area contributed by atoms with E-state index in [1.807, 2.05) is 13.8 Å². The summed E-state index contributed by atoms with van der Waals surface area (Å²) in [6, 6.07) is 0. The Hall–Kier alpha value is -0.0800. The van der Waals surface area contributed by atoms with Crippen LogP contribution in [0.4, 0.5) is 0 Å². The van der Waals surface area contributed by atoms with Gasteiger partial charge in [-0.2, -0.15) is 0 Å². The van der Waals surface area contributed by atoms with Crippen molar-refractivity contribution in [3.05, 3.63) is 0 Å². The smallest absolute Gasteiger partial charge is 0.0619 e. The molecule has 0 aromatic rings. The van der Waals surface area contributed by atoms with Crippen molar-refractivity contribution >= 4 is 0 Å². The first-order valence-electron chi connectivity index (χ1n) is 6.72. The highest BCUT2D eigenvalue weighted by Gasteiger charge is 2.46. The number of aliphatic hydroxyl groups is 2. The SMILES string of the molecule is CC12CCC(O)CC1C[C@H](C(C)(C)O)CC2. The van der Waals surface area contributed by atoms with E-state index in [-0.39, 0.29) is 6.10 Å². The summed E-state index contributed by atoms with van der Waals surface area (Å²) in [5.41, 5.74) is -0.120. The Morgan fingerprint density at radius 1 is 1.12 bits per heavy atom. The first-order chi connectivity index (χ1) is 7.31. The molecule has 2 nitrogen and oxygen atoms in total. The van der Waals surface area contributed by atoms with Crippen molar-refractivity contribution in [3.63, 3.8) is 0 Å². The zero-order valence-electron chi connectivity index (χ0n) is 10.9. The molecule has 0 aromatic carbocycles. The molecule has 2 aliphatic rings. The number of hydrogen-bond donors (Lipinski definition) is 2. The minimum absolute atomic E-state index is 0.0985. The van der Waals surface area contributed by atoms with Crippen LogP contribution in [0.1, 0.15) is 59.3 Å². The normalized spacial score (nSPS) is 45.2. The van der Waals surface area contributed by atoms with Crippen molar-refractivity contribution in [2.45, 2.75) is 71.0 Å². The molecule has 0 bridgehead atoms. The summed E-state index contributed by atoms with van der Waals surface area (Å²) < 4.78 is 0. The maximum atomic E-state index is 10.1. The standard InChI is InChI=1S/C14H26O2/c1-13(2,16)10-4-6-14(3)7-5-12(15)9-11(14)8-10/h10-12,15-16H,4-9H2,1-3H3/t10-,11?,12?,14?/m1/s1. The predicted octanol–water partition coefficient (Wildman–Crippen LogP) is 2.72. The van der Waals surface area contributed by atoms with Crippen LogP contribution < -0.4 is 0 Å². The average Bonchev–Trinajstić information content (AvgIpc) is 2.16. The van der Waals surface area contributed by atoms with Crippen LogP contribution in [0, 0.1) is 17.3 Å². The Balaban J connectivity index is 2.07. The van der Waals surface area contributed by atoms with E-state index in [4.69, 9.17) is 0 Å². The van der Waals surface area contributed by atoms with Gasteiger partial charge in [0.25, 0.3) is 0 Å². The van der Waals surface area contributed by atoms with Crippen molar-refractivity contribution in [1.82, 2.24) is 0 Å². The van der Waals surface area contributed by atoms with Crippen LogP contribution in [0.5, 0.6) is 0 Å². The summed E-state index contributed by atoms with van der Waals surface area (Å²) in [7, 11) is 0. The maximum absolute atomic E-state index is 10.1. The summed E-state index contributed by atoms with van der Waals surface area (Å²) in [4.78, 5) is 0. The lowest BCUT2D eigenvalue weighted by Crippen LogP contribution is -2.45. The molecular weight excluding hydrogens is 200 g/mol. The average molecular weight is 226 g/mol. The molecule has 2 N–H and O–H groups in total. The van der Waals surface area contributed by atoms with Crippen molar-refractivity contribution in [1.29, 1.82) is 0 Å². The largest absolute Gasteiger partial charge is 0.393 e. The summed E-state index contributed by atoms with van der Waals surface area (Å²) in [5, 5.41) is 19.9. The van der Waals surface area contributed by atoms with Gasteiger partial charge in [-0.3, -0.25) is 0 Å². The molecule has 16 heavy (non-hydrogen) atoms. The Bertz CT molecular complexity index is 256. The first kappa shape index (κ1) is 12.4. The van der Waals surface area contributed by atoms with Crippen LogP contribution in [0.2, 0.25) is 0 Å². The second-order valence-electron chi connectivity index (χ2n) is 6.90.